The first kappa shape index (κ1) is 16.5. The summed E-state index contributed by atoms with van der Waals surface area (Å²) in [5.41, 5.74) is 2.83. The third kappa shape index (κ3) is 3.76. The summed E-state index contributed by atoms with van der Waals surface area (Å²) in [5.74, 6) is 1.29. The second kappa shape index (κ2) is 7.49. The van der Waals surface area contributed by atoms with Crippen LogP contribution in [0.3, 0.4) is 0 Å². The molecule has 0 bridgehead atoms. The second-order valence-electron chi connectivity index (χ2n) is 6.42. The number of benzene rings is 1. The molecule has 2 aromatic rings. The number of amides is 1. The molecule has 1 unspecified atom stereocenters. The molecule has 1 aliphatic heterocycles. The van der Waals surface area contributed by atoms with E-state index in [0.29, 0.717) is 11.8 Å². The van der Waals surface area contributed by atoms with Crippen LogP contribution in [0.15, 0.2) is 30.5 Å². The van der Waals surface area contributed by atoms with Crippen molar-refractivity contribution in [2.45, 2.75) is 32.1 Å². The Morgan fingerprint density at radius 1 is 1.42 bits per heavy atom. The van der Waals surface area contributed by atoms with Crippen LogP contribution in [0, 0.1) is 0 Å². The minimum Gasteiger partial charge on any atom is -0.483 e. The Morgan fingerprint density at radius 3 is 3.00 bits per heavy atom. The molecular formula is C18H24N4O2. The third-order valence-corrected chi connectivity index (χ3v) is 4.31. The van der Waals surface area contributed by atoms with Gasteiger partial charge in [-0.05, 0) is 30.5 Å². The van der Waals surface area contributed by atoms with Gasteiger partial charge in [0.15, 0.2) is 6.61 Å². The van der Waals surface area contributed by atoms with Crippen molar-refractivity contribution in [1.82, 2.24) is 15.5 Å². The van der Waals surface area contributed by atoms with E-state index in [1.807, 2.05) is 24.3 Å². The Hall–Kier alpha value is -2.34. The minimum absolute atomic E-state index is 0.0166. The molecule has 24 heavy (non-hydrogen) atoms. The lowest BCUT2D eigenvalue weighted by Crippen LogP contribution is -2.21. The Bertz CT molecular complexity index is 690. The molecule has 1 fully saturated rings. The molecule has 2 heterocycles. The van der Waals surface area contributed by atoms with Gasteiger partial charge in [0.25, 0.3) is 5.91 Å². The van der Waals surface area contributed by atoms with E-state index in [2.05, 4.69) is 34.7 Å². The molecule has 6 heteroatoms. The van der Waals surface area contributed by atoms with E-state index in [1.54, 1.807) is 6.20 Å². The van der Waals surface area contributed by atoms with Crippen LogP contribution in [-0.2, 0) is 4.79 Å². The second-order valence-corrected chi connectivity index (χ2v) is 6.42. The normalized spacial score (nSPS) is 17.2. The van der Waals surface area contributed by atoms with Crippen LogP contribution in [0.25, 0.3) is 0 Å². The van der Waals surface area contributed by atoms with Crippen LogP contribution in [0.2, 0.25) is 0 Å². The molecule has 1 amide bonds. The highest BCUT2D eigenvalue weighted by Crippen LogP contribution is 2.27. The fourth-order valence-corrected chi connectivity index (χ4v) is 3.03. The van der Waals surface area contributed by atoms with Gasteiger partial charge >= 0.3 is 0 Å². The molecular weight excluding hydrogens is 304 g/mol. The first-order chi connectivity index (χ1) is 11.6. The van der Waals surface area contributed by atoms with Gasteiger partial charge in [0.2, 0.25) is 0 Å². The summed E-state index contributed by atoms with van der Waals surface area (Å²) in [6.07, 6.45) is 2.71. The third-order valence-electron chi connectivity index (χ3n) is 4.31. The number of para-hydroxylation sites is 1. The lowest BCUT2D eigenvalue weighted by atomic mass is 10.0. The maximum absolute atomic E-state index is 12.2. The molecule has 0 radical (unpaired) electrons. The SMILES string of the molecule is CC(C)c1ccccc1OCC(=O)Nc1cn[nH]c1C1CCNC1. The van der Waals surface area contributed by atoms with Crippen molar-refractivity contribution < 1.29 is 9.53 Å². The highest BCUT2D eigenvalue weighted by Gasteiger charge is 2.22. The first-order valence-electron chi connectivity index (χ1n) is 8.40. The standard InChI is InChI=1S/C18H24N4O2/c1-12(2)14-5-3-4-6-16(14)24-11-17(23)21-15-10-20-22-18(15)13-7-8-19-9-13/h3-6,10,12-13,19H,7-9,11H2,1-2H3,(H,20,22)(H,21,23). The number of carbonyl (C=O) groups excluding carboxylic acids is 1. The van der Waals surface area contributed by atoms with Gasteiger partial charge < -0.3 is 15.4 Å². The van der Waals surface area contributed by atoms with E-state index >= 15 is 0 Å². The molecule has 0 aliphatic carbocycles. The lowest BCUT2D eigenvalue weighted by Gasteiger charge is -2.14. The largest absolute Gasteiger partial charge is 0.483 e. The number of rotatable bonds is 6. The van der Waals surface area contributed by atoms with Crippen molar-refractivity contribution in [3.8, 4) is 5.75 Å². The summed E-state index contributed by atoms with van der Waals surface area (Å²) in [7, 11) is 0. The van der Waals surface area contributed by atoms with Crippen molar-refractivity contribution in [3.63, 3.8) is 0 Å². The molecule has 1 atom stereocenters. The lowest BCUT2D eigenvalue weighted by molar-refractivity contribution is -0.118. The zero-order valence-electron chi connectivity index (χ0n) is 14.1. The number of aromatic amines is 1. The van der Waals surface area contributed by atoms with E-state index < -0.39 is 0 Å². The van der Waals surface area contributed by atoms with Gasteiger partial charge in [-0.3, -0.25) is 9.89 Å². The molecule has 3 N–H and O–H groups in total. The van der Waals surface area contributed by atoms with Crippen molar-refractivity contribution >= 4 is 11.6 Å². The quantitative estimate of drug-likeness (QED) is 0.761. The van der Waals surface area contributed by atoms with Crippen LogP contribution in [0.5, 0.6) is 5.75 Å². The topological polar surface area (TPSA) is 79.0 Å². The predicted octanol–water partition coefficient (Wildman–Crippen LogP) is 2.63. The number of ether oxygens (including phenoxy) is 1. The van der Waals surface area contributed by atoms with Crippen LogP contribution in [0.1, 0.15) is 43.4 Å². The van der Waals surface area contributed by atoms with Gasteiger partial charge in [0, 0.05) is 12.5 Å². The van der Waals surface area contributed by atoms with E-state index in [0.717, 1.165) is 42.2 Å². The number of nitrogens with one attached hydrogen (secondary N) is 3. The Morgan fingerprint density at radius 2 is 2.25 bits per heavy atom. The summed E-state index contributed by atoms with van der Waals surface area (Å²) in [4.78, 5) is 12.2. The molecule has 1 aromatic carbocycles. The van der Waals surface area contributed by atoms with Crippen LogP contribution in [-0.4, -0.2) is 35.8 Å². The molecule has 1 aromatic heterocycles. The Kier molecular flexibility index (Phi) is 5.15. The highest BCUT2D eigenvalue weighted by atomic mass is 16.5. The summed E-state index contributed by atoms with van der Waals surface area (Å²) >= 11 is 0. The maximum Gasteiger partial charge on any atom is 0.262 e. The van der Waals surface area contributed by atoms with Crippen LogP contribution in [0.4, 0.5) is 5.69 Å². The Balaban J connectivity index is 1.60. The fraction of sp³-hybridized carbons (Fsp3) is 0.444. The smallest absolute Gasteiger partial charge is 0.262 e. The molecule has 0 spiro atoms. The number of anilines is 1. The van der Waals surface area contributed by atoms with Gasteiger partial charge in [0.05, 0.1) is 17.6 Å². The minimum atomic E-state index is -0.179. The monoisotopic (exact) mass is 328 g/mol. The molecule has 3 rings (SSSR count). The number of nitrogens with zero attached hydrogens (tertiary/aromatic N) is 1. The number of hydrogen-bond donors (Lipinski definition) is 3. The number of H-pyrrole nitrogens is 1. The summed E-state index contributed by atoms with van der Waals surface area (Å²) in [5, 5.41) is 13.3. The molecule has 0 saturated carbocycles. The zero-order valence-corrected chi connectivity index (χ0v) is 14.1. The molecule has 128 valence electrons. The van der Waals surface area contributed by atoms with Crippen LogP contribution < -0.4 is 15.4 Å². The predicted molar refractivity (Wildman–Crippen MR) is 93.5 cm³/mol. The van der Waals surface area contributed by atoms with Gasteiger partial charge in [0.1, 0.15) is 5.75 Å². The number of carbonyl (C=O) groups is 1. The van der Waals surface area contributed by atoms with Crippen molar-refractivity contribution in [2.75, 3.05) is 25.0 Å². The summed E-state index contributed by atoms with van der Waals surface area (Å²) < 4.78 is 5.72. The van der Waals surface area contributed by atoms with Crippen molar-refractivity contribution in [3.05, 3.63) is 41.7 Å². The zero-order chi connectivity index (χ0) is 16.9. The number of aromatic nitrogens is 2. The van der Waals surface area contributed by atoms with E-state index in [1.165, 1.54) is 0 Å². The Labute approximate surface area is 142 Å². The van der Waals surface area contributed by atoms with Crippen molar-refractivity contribution in [1.29, 1.82) is 0 Å². The van der Waals surface area contributed by atoms with E-state index in [4.69, 9.17) is 4.74 Å². The summed E-state index contributed by atoms with van der Waals surface area (Å²) in [6, 6.07) is 7.82. The average Bonchev–Trinajstić information content (AvgIpc) is 3.24. The molecule has 1 saturated heterocycles. The first-order valence-corrected chi connectivity index (χ1v) is 8.40. The average molecular weight is 328 g/mol. The summed E-state index contributed by atoms with van der Waals surface area (Å²) in [6.45, 7) is 6.10. The van der Waals surface area contributed by atoms with Gasteiger partial charge in [-0.2, -0.15) is 5.10 Å². The van der Waals surface area contributed by atoms with Gasteiger partial charge in [-0.25, -0.2) is 0 Å². The highest BCUT2D eigenvalue weighted by molar-refractivity contribution is 5.92. The maximum atomic E-state index is 12.2. The van der Waals surface area contributed by atoms with Crippen molar-refractivity contribution in [2.24, 2.45) is 0 Å². The van der Waals surface area contributed by atoms with E-state index in [9.17, 15) is 4.79 Å². The van der Waals surface area contributed by atoms with E-state index in [-0.39, 0.29) is 12.5 Å². The fourth-order valence-electron chi connectivity index (χ4n) is 3.03. The van der Waals surface area contributed by atoms with Gasteiger partial charge in [-0.1, -0.05) is 32.0 Å². The molecule has 1 aliphatic rings. The molecule has 6 nitrogen and oxygen atoms in total. The van der Waals surface area contributed by atoms with Crippen LogP contribution >= 0.6 is 0 Å². The van der Waals surface area contributed by atoms with Gasteiger partial charge in [-0.15, -0.1) is 0 Å². The number of hydrogen-bond acceptors (Lipinski definition) is 4.